The second kappa shape index (κ2) is 12.7. The number of hydrogen-bond acceptors (Lipinski definition) is 9. The number of pyridine rings is 1. The first-order chi connectivity index (χ1) is 17.3. The van der Waals surface area contributed by atoms with E-state index in [-0.39, 0.29) is 55.1 Å². The lowest BCUT2D eigenvalue weighted by Crippen LogP contribution is -2.54. The first kappa shape index (κ1) is 29.5. The second-order valence-corrected chi connectivity index (χ2v) is 12.8. The fraction of sp³-hybridized carbons (Fsp3) is 0.560. The summed E-state index contributed by atoms with van der Waals surface area (Å²) in [5, 5.41) is 9.19. The van der Waals surface area contributed by atoms with Crippen molar-refractivity contribution in [3.05, 3.63) is 40.2 Å². The summed E-state index contributed by atoms with van der Waals surface area (Å²) >= 11 is 1.61. The van der Waals surface area contributed by atoms with Gasteiger partial charge in [0.1, 0.15) is 5.82 Å². The Morgan fingerprint density at radius 2 is 1.89 bits per heavy atom. The Balaban J connectivity index is 0.00000380. The number of halogens is 1. The highest BCUT2D eigenvalue weighted by Crippen LogP contribution is 2.36. The number of carbonyl (C=O) groups excluding carboxylic acids is 2. The number of amides is 1. The molecule has 2 aromatic heterocycles. The van der Waals surface area contributed by atoms with Crippen LogP contribution in [0.4, 0.5) is 5.82 Å². The predicted molar refractivity (Wildman–Crippen MR) is 144 cm³/mol. The van der Waals surface area contributed by atoms with Gasteiger partial charge in [-0.05, 0) is 62.8 Å². The normalized spacial score (nSPS) is 18.2. The van der Waals surface area contributed by atoms with Gasteiger partial charge in [-0.3, -0.25) is 14.8 Å². The zero-order valence-corrected chi connectivity index (χ0v) is 23.3. The van der Waals surface area contributed by atoms with Crippen LogP contribution >= 0.6 is 23.7 Å². The summed E-state index contributed by atoms with van der Waals surface area (Å²) in [4.78, 5) is 33.9. The third-order valence-corrected chi connectivity index (χ3v) is 10.9. The molecule has 0 aromatic carbocycles. The number of ketones is 1. The molecule has 4 heterocycles. The van der Waals surface area contributed by atoms with Crippen molar-refractivity contribution in [3.8, 4) is 0 Å². The van der Waals surface area contributed by atoms with Gasteiger partial charge in [0.25, 0.3) is 5.91 Å². The van der Waals surface area contributed by atoms with E-state index in [1.165, 1.54) is 22.6 Å². The molecule has 12 heteroatoms. The van der Waals surface area contributed by atoms with Crippen LogP contribution in [0.5, 0.6) is 0 Å². The van der Waals surface area contributed by atoms with Gasteiger partial charge in [-0.25, -0.2) is 18.9 Å². The lowest BCUT2D eigenvalue weighted by Gasteiger charge is -2.34. The number of rotatable bonds is 9. The molecule has 2 aliphatic rings. The van der Waals surface area contributed by atoms with Gasteiger partial charge in [0.2, 0.25) is 0 Å². The SMILES string of the molecule is CCCCc1ccc(C(=O)C2CCN(c3ccc(S(=O)(=O)C4(C(=O)NO)CCOCC4)cn3)CC2)s1.Cl. The molecular weight excluding hydrogens is 538 g/mol. The minimum atomic E-state index is -4.11. The summed E-state index contributed by atoms with van der Waals surface area (Å²) in [7, 11) is -4.11. The molecule has 4 rings (SSSR count). The van der Waals surface area contributed by atoms with Gasteiger partial charge in [0.05, 0.1) is 9.77 Å². The van der Waals surface area contributed by atoms with Crippen LogP contribution in [-0.2, 0) is 25.8 Å². The number of piperidine rings is 1. The Labute approximate surface area is 227 Å². The van der Waals surface area contributed by atoms with Crippen molar-refractivity contribution >= 4 is 51.1 Å². The maximum Gasteiger partial charge on any atom is 0.265 e. The van der Waals surface area contributed by atoms with Gasteiger partial charge >= 0.3 is 0 Å². The number of carbonyl (C=O) groups is 2. The van der Waals surface area contributed by atoms with E-state index in [0.29, 0.717) is 31.7 Å². The zero-order valence-electron chi connectivity index (χ0n) is 20.8. The summed E-state index contributed by atoms with van der Waals surface area (Å²) in [5.74, 6) is -0.139. The van der Waals surface area contributed by atoms with E-state index in [4.69, 9.17) is 4.74 Å². The van der Waals surface area contributed by atoms with Crippen LogP contribution in [-0.4, -0.2) is 61.3 Å². The molecule has 2 N–H and O–H groups in total. The molecule has 0 spiro atoms. The average molecular weight is 572 g/mol. The molecule has 0 unspecified atom stereocenters. The summed E-state index contributed by atoms with van der Waals surface area (Å²) in [5.41, 5.74) is 1.52. The molecule has 0 saturated carbocycles. The topological polar surface area (TPSA) is 126 Å². The Bertz CT molecular complexity index is 1170. The molecule has 2 saturated heterocycles. The lowest BCUT2D eigenvalue weighted by molar-refractivity contribution is -0.134. The number of hydrogen-bond donors (Lipinski definition) is 2. The summed E-state index contributed by atoms with van der Waals surface area (Å²) in [6.45, 7) is 3.68. The number of sulfone groups is 1. The first-order valence-electron chi connectivity index (χ1n) is 12.4. The van der Waals surface area contributed by atoms with Crippen LogP contribution < -0.4 is 10.4 Å². The number of nitrogens with one attached hydrogen (secondary N) is 1. The van der Waals surface area contributed by atoms with E-state index in [2.05, 4.69) is 18.0 Å². The average Bonchev–Trinajstić information content (AvgIpc) is 3.40. The van der Waals surface area contributed by atoms with Crippen molar-refractivity contribution in [2.75, 3.05) is 31.2 Å². The van der Waals surface area contributed by atoms with Crippen molar-refractivity contribution in [3.63, 3.8) is 0 Å². The van der Waals surface area contributed by atoms with Gasteiger partial charge in [-0.2, -0.15) is 0 Å². The van der Waals surface area contributed by atoms with Crippen LogP contribution in [0.2, 0.25) is 0 Å². The monoisotopic (exact) mass is 571 g/mol. The predicted octanol–water partition coefficient (Wildman–Crippen LogP) is 3.84. The van der Waals surface area contributed by atoms with Crippen LogP contribution in [0.15, 0.2) is 35.4 Å². The smallest absolute Gasteiger partial charge is 0.265 e. The maximum absolute atomic E-state index is 13.4. The van der Waals surface area contributed by atoms with E-state index < -0.39 is 20.5 Å². The summed E-state index contributed by atoms with van der Waals surface area (Å²) in [6.07, 6.45) is 5.88. The number of anilines is 1. The van der Waals surface area contributed by atoms with E-state index in [1.54, 1.807) is 17.4 Å². The molecular formula is C25H34ClN3O6S2. The Hall–Kier alpha value is -2.05. The number of nitrogens with zero attached hydrogens (tertiary/aromatic N) is 2. The molecule has 0 aliphatic carbocycles. The molecule has 37 heavy (non-hydrogen) atoms. The van der Waals surface area contributed by atoms with Gasteiger partial charge in [0.15, 0.2) is 20.4 Å². The van der Waals surface area contributed by atoms with Crippen molar-refractivity contribution in [2.45, 2.75) is 61.5 Å². The largest absolute Gasteiger partial charge is 0.381 e. The van der Waals surface area contributed by atoms with Crippen LogP contribution in [0.25, 0.3) is 0 Å². The number of aryl methyl sites for hydroxylation is 1. The fourth-order valence-electron chi connectivity index (χ4n) is 4.93. The second-order valence-electron chi connectivity index (χ2n) is 9.40. The third kappa shape index (κ3) is 6.01. The van der Waals surface area contributed by atoms with Gasteiger partial charge in [0, 0.05) is 43.3 Å². The van der Waals surface area contributed by atoms with Crippen LogP contribution in [0, 0.1) is 5.92 Å². The van der Waals surface area contributed by atoms with Gasteiger partial charge < -0.3 is 9.64 Å². The lowest BCUT2D eigenvalue weighted by atomic mass is 9.92. The number of aromatic nitrogens is 1. The number of ether oxygens (including phenoxy) is 1. The van der Waals surface area contributed by atoms with Crippen molar-refractivity contribution in [1.82, 2.24) is 10.5 Å². The zero-order chi connectivity index (χ0) is 25.8. The van der Waals surface area contributed by atoms with Gasteiger partial charge in [-0.15, -0.1) is 23.7 Å². The van der Waals surface area contributed by atoms with Crippen molar-refractivity contribution in [2.24, 2.45) is 5.92 Å². The minimum Gasteiger partial charge on any atom is -0.381 e. The number of Topliss-reactive ketones (excluding diaryl/α,β-unsaturated/α-hetero) is 1. The third-order valence-electron chi connectivity index (χ3n) is 7.23. The van der Waals surface area contributed by atoms with E-state index >= 15 is 0 Å². The Morgan fingerprint density at radius 1 is 1.19 bits per heavy atom. The molecule has 9 nitrogen and oxygen atoms in total. The standard InChI is InChI=1S/C25H33N3O6S2.ClH/c1-2-3-4-19-5-7-21(35-19)23(29)18-9-13-28(14-10-18)22-8-6-20(17-26-22)36(32,33)25(24(30)27-31)11-15-34-16-12-25;/h5-8,17-18,31H,2-4,9-16H2,1H3,(H,27,30);1H. The number of thiophene rings is 1. The highest BCUT2D eigenvalue weighted by Gasteiger charge is 2.52. The molecule has 204 valence electrons. The summed E-state index contributed by atoms with van der Waals surface area (Å²) in [6, 6.07) is 7.11. The molecule has 1 amide bonds. The van der Waals surface area contributed by atoms with E-state index in [1.807, 2.05) is 11.0 Å². The van der Waals surface area contributed by atoms with Gasteiger partial charge in [-0.1, -0.05) is 13.3 Å². The highest BCUT2D eigenvalue weighted by atomic mass is 35.5. The number of hydroxylamine groups is 1. The minimum absolute atomic E-state index is 0. The van der Waals surface area contributed by atoms with Crippen LogP contribution in [0.1, 0.15) is 60.0 Å². The quantitative estimate of drug-likeness (QED) is 0.264. The van der Waals surface area contributed by atoms with Crippen molar-refractivity contribution < 1.29 is 28.0 Å². The first-order valence-corrected chi connectivity index (χ1v) is 14.7. The number of unbranched alkanes of at least 4 members (excludes halogenated alkanes) is 1. The fourth-order valence-corrected chi connectivity index (χ4v) is 7.88. The molecule has 2 aliphatic heterocycles. The molecule has 2 aromatic rings. The molecule has 0 bridgehead atoms. The maximum atomic E-state index is 13.4. The van der Waals surface area contributed by atoms with Crippen LogP contribution in [0.3, 0.4) is 0 Å². The Kier molecular flexibility index (Phi) is 10.1. The highest BCUT2D eigenvalue weighted by molar-refractivity contribution is 7.93. The van der Waals surface area contributed by atoms with E-state index in [0.717, 1.165) is 24.1 Å². The van der Waals surface area contributed by atoms with Crippen molar-refractivity contribution in [1.29, 1.82) is 0 Å². The summed E-state index contributed by atoms with van der Waals surface area (Å²) < 4.78 is 30.2. The molecule has 2 fully saturated rings. The molecule has 0 radical (unpaired) electrons. The Morgan fingerprint density at radius 3 is 2.49 bits per heavy atom. The molecule has 0 atom stereocenters. The van der Waals surface area contributed by atoms with E-state index in [9.17, 15) is 23.2 Å².